The molecule has 1 saturated carbocycles. The van der Waals surface area contributed by atoms with Gasteiger partial charge in [0, 0.05) is 12.6 Å². The molecule has 1 N–H and O–H groups in total. The Balaban J connectivity index is 1.79. The van der Waals surface area contributed by atoms with Crippen molar-refractivity contribution in [1.82, 2.24) is 10.2 Å². The number of aryl methyl sites for hydroxylation is 1. The summed E-state index contributed by atoms with van der Waals surface area (Å²) in [6.45, 7) is 4.08. The summed E-state index contributed by atoms with van der Waals surface area (Å²) in [5.74, 6) is -0.197. The highest BCUT2D eigenvalue weighted by Crippen LogP contribution is 2.24. The third kappa shape index (κ3) is 6.47. The monoisotopic (exact) mass is 460 g/mol. The van der Waals surface area contributed by atoms with E-state index in [1.165, 1.54) is 6.42 Å². The van der Waals surface area contributed by atoms with E-state index in [2.05, 4.69) is 5.32 Å². The second kappa shape index (κ2) is 11.0. The Morgan fingerprint density at radius 1 is 1.06 bits per heavy atom. The standard InChI is InChI=1S/C25H30Cl2N2O2/c1-17-8-6-7-9-20(17)15-24(30)29(16-19-12-13-22(26)23(27)14-19)18(2)25(31)28-21-10-4-3-5-11-21/h6-9,12-14,18,21H,3-5,10-11,15-16H2,1-2H3,(H,28,31)/t18-/m0/s1. The van der Waals surface area contributed by atoms with Gasteiger partial charge in [-0.2, -0.15) is 0 Å². The zero-order valence-electron chi connectivity index (χ0n) is 18.2. The lowest BCUT2D eigenvalue weighted by molar-refractivity contribution is -0.140. The molecule has 0 spiro atoms. The van der Waals surface area contributed by atoms with Crippen LogP contribution in [0.4, 0.5) is 0 Å². The maximum absolute atomic E-state index is 13.3. The summed E-state index contributed by atoms with van der Waals surface area (Å²) in [5, 5.41) is 4.05. The molecular weight excluding hydrogens is 431 g/mol. The largest absolute Gasteiger partial charge is 0.352 e. The molecule has 4 nitrogen and oxygen atoms in total. The van der Waals surface area contributed by atoms with Gasteiger partial charge in [0.2, 0.25) is 11.8 Å². The van der Waals surface area contributed by atoms with E-state index in [-0.39, 0.29) is 24.3 Å². The van der Waals surface area contributed by atoms with Gasteiger partial charge in [-0.3, -0.25) is 9.59 Å². The van der Waals surface area contributed by atoms with Crippen LogP contribution in [0.1, 0.15) is 55.7 Å². The lowest BCUT2D eigenvalue weighted by atomic mass is 9.95. The van der Waals surface area contributed by atoms with Gasteiger partial charge in [-0.05, 0) is 55.5 Å². The molecule has 1 fully saturated rings. The zero-order chi connectivity index (χ0) is 22.4. The number of hydrogen-bond donors (Lipinski definition) is 1. The van der Waals surface area contributed by atoms with Gasteiger partial charge < -0.3 is 10.2 Å². The molecule has 2 aromatic carbocycles. The molecule has 2 aromatic rings. The molecule has 6 heteroatoms. The molecule has 31 heavy (non-hydrogen) atoms. The molecule has 0 radical (unpaired) electrons. The second-order valence-electron chi connectivity index (χ2n) is 8.39. The van der Waals surface area contributed by atoms with Crippen LogP contribution >= 0.6 is 23.2 Å². The topological polar surface area (TPSA) is 49.4 Å². The summed E-state index contributed by atoms with van der Waals surface area (Å²) in [6.07, 6.45) is 5.75. The Morgan fingerprint density at radius 2 is 1.77 bits per heavy atom. The van der Waals surface area contributed by atoms with Crippen LogP contribution in [0, 0.1) is 6.92 Å². The first-order valence-corrected chi connectivity index (χ1v) is 11.7. The molecule has 0 aromatic heterocycles. The van der Waals surface area contributed by atoms with E-state index >= 15 is 0 Å². The highest BCUT2D eigenvalue weighted by Gasteiger charge is 2.28. The molecule has 0 saturated heterocycles. The van der Waals surface area contributed by atoms with E-state index < -0.39 is 6.04 Å². The Hall–Kier alpha value is -2.04. The second-order valence-corrected chi connectivity index (χ2v) is 9.21. The third-order valence-electron chi connectivity index (χ3n) is 6.06. The van der Waals surface area contributed by atoms with Crippen molar-refractivity contribution in [2.75, 3.05) is 0 Å². The maximum atomic E-state index is 13.3. The number of nitrogens with zero attached hydrogens (tertiary/aromatic N) is 1. The summed E-state index contributed by atoms with van der Waals surface area (Å²) in [7, 11) is 0. The lowest BCUT2D eigenvalue weighted by Crippen LogP contribution is -2.50. The Labute approximate surface area is 194 Å². The number of nitrogens with one attached hydrogen (secondary N) is 1. The van der Waals surface area contributed by atoms with Crippen molar-refractivity contribution in [2.24, 2.45) is 0 Å². The van der Waals surface area contributed by atoms with E-state index in [0.29, 0.717) is 16.6 Å². The van der Waals surface area contributed by atoms with E-state index in [0.717, 1.165) is 42.4 Å². The number of benzene rings is 2. The van der Waals surface area contributed by atoms with Gasteiger partial charge >= 0.3 is 0 Å². The fraction of sp³-hybridized carbons (Fsp3) is 0.440. The average Bonchev–Trinajstić information content (AvgIpc) is 2.76. The van der Waals surface area contributed by atoms with Gasteiger partial charge in [0.25, 0.3) is 0 Å². The first-order chi connectivity index (χ1) is 14.8. The van der Waals surface area contributed by atoms with Gasteiger partial charge in [-0.15, -0.1) is 0 Å². The van der Waals surface area contributed by atoms with E-state index in [1.807, 2.05) is 37.3 Å². The first-order valence-electron chi connectivity index (χ1n) is 10.9. The summed E-state index contributed by atoms with van der Waals surface area (Å²) in [4.78, 5) is 28.0. The minimum absolute atomic E-state index is 0.0910. The number of rotatable bonds is 7. The molecule has 0 bridgehead atoms. The van der Waals surface area contributed by atoms with Gasteiger partial charge in [0.15, 0.2) is 0 Å². The van der Waals surface area contributed by atoms with Crippen LogP contribution in [0.3, 0.4) is 0 Å². The van der Waals surface area contributed by atoms with Crippen LogP contribution in [-0.4, -0.2) is 28.8 Å². The highest BCUT2D eigenvalue weighted by molar-refractivity contribution is 6.42. The third-order valence-corrected chi connectivity index (χ3v) is 6.80. The quantitative estimate of drug-likeness (QED) is 0.574. The van der Waals surface area contributed by atoms with Gasteiger partial charge in [-0.25, -0.2) is 0 Å². The highest BCUT2D eigenvalue weighted by atomic mass is 35.5. The summed E-state index contributed by atoms with van der Waals surface area (Å²) in [6, 6.07) is 12.8. The van der Waals surface area contributed by atoms with E-state index in [9.17, 15) is 9.59 Å². The Kier molecular flexibility index (Phi) is 8.39. The van der Waals surface area contributed by atoms with Crippen molar-refractivity contribution in [1.29, 1.82) is 0 Å². The predicted molar refractivity (Wildman–Crippen MR) is 126 cm³/mol. The molecule has 166 valence electrons. The lowest BCUT2D eigenvalue weighted by Gasteiger charge is -2.31. The summed E-state index contributed by atoms with van der Waals surface area (Å²) < 4.78 is 0. The molecule has 1 aliphatic rings. The molecule has 1 aliphatic carbocycles. The smallest absolute Gasteiger partial charge is 0.242 e. The minimum atomic E-state index is -0.590. The SMILES string of the molecule is Cc1ccccc1CC(=O)N(Cc1ccc(Cl)c(Cl)c1)[C@@H](C)C(=O)NC1CCCCC1. The number of carbonyl (C=O) groups is 2. The van der Waals surface area contributed by atoms with Crippen molar-refractivity contribution >= 4 is 35.0 Å². The number of amides is 2. The molecule has 1 atom stereocenters. The fourth-order valence-corrected chi connectivity index (χ4v) is 4.38. The Bertz CT molecular complexity index is 925. The normalized spacial score (nSPS) is 15.4. The fourth-order valence-electron chi connectivity index (χ4n) is 4.06. The zero-order valence-corrected chi connectivity index (χ0v) is 19.7. The Morgan fingerprint density at radius 3 is 2.45 bits per heavy atom. The van der Waals surface area contributed by atoms with Crippen molar-refractivity contribution in [3.8, 4) is 0 Å². The number of hydrogen-bond acceptors (Lipinski definition) is 2. The molecule has 3 rings (SSSR count). The van der Waals surface area contributed by atoms with Crippen LogP contribution in [0.25, 0.3) is 0 Å². The summed E-state index contributed by atoms with van der Waals surface area (Å²) >= 11 is 12.2. The molecule has 0 unspecified atom stereocenters. The van der Waals surface area contributed by atoms with Gasteiger partial charge in [0.05, 0.1) is 16.5 Å². The van der Waals surface area contributed by atoms with E-state index in [4.69, 9.17) is 23.2 Å². The number of carbonyl (C=O) groups excluding carboxylic acids is 2. The average molecular weight is 461 g/mol. The van der Waals surface area contributed by atoms with Crippen LogP contribution in [-0.2, 0) is 22.6 Å². The van der Waals surface area contributed by atoms with Crippen molar-refractivity contribution in [3.05, 3.63) is 69.2 Å². The van der Waals surface area contributed by atoms with E-state index in [1.54, 1.807) is 24.0 Å². The molecule has 0 heterocycles. The first kappa shape index (κ1) is 23.6. The van der Waals surface area contributed by atoms with Crippen LogP contribution in [0.15, 0.2) is 42.5 Å². The predicted octanol–water partition coefficient (Wildman–Crippen LogP) is 5.71. The minimum Gasteiger partial charge on any atom is -0.352 e. The van der Waals surface area contributed by atoms with Gasteiger partial charge in [-0.1, -0.05) is 72.8 Å². The van der Waals surface area contributed by atoms with Crippen LogP contribution in [0.2, 0.25) is 10.0 Å². The van der Waals surface area contributed by atoms with Crippen LogP contribution < -0.4 is 5.32 Å². The number of halogens is 2. The molecule has 0 aliphatic heterocycles. The van der Waals surface area contributed by atoms with Crippen molar-refractivity contribution in [2.45, 2.75) is 71.0 Å². The molecule has 2 amide bonds. The van der Waals surface area contributed by atoms with Crippen molar-refractivity contribution < 1.29 is 9.59 Å². The molecular formula is C25H30Cl2N2O2. The van der Waals surface area contributed by atoms with Gasteiger partial charge in [0.1, 0.15) is 6.04 Å². The van der Waals surface area contributed by atoms with Crippen molar-refractivity contribution in [3.63, 3.8) is 0 Å². The van der Waals surface area contributed by atoms with Crippen LogP contribution in [0.5, 0.6) is 0 Å². The maximum Gasteiger partial charge on any atom is 0.242 e. The summed E-state index contributed by atoms with van der Waals surface area (Å²) in [5.41, 5.74) is 2.86.